The summed E-state index contributed by atoms with van der Waals surface area (Å²) in [5.74, 6) is -0.318. The summed E-state index contributed by atoms with van der Waals surface area (Å²) in [6.07, 6.45) is 1.47. The SMILES string of the molecule is CC(C)C(=O)Nc1ccnn(C)c1=O. The molecule has 0 saturated heterocycles. The van der Waals surface area contributed by atoms with E-state index in [4.69, 9.17) is 0 Å². The second-order valence-electron chi connectivity index (χ2n) is 3.32. The molecule has 0 aliphatic carbocycles. The topological polar surface area (TPSA) is 64.0 Å². The first-order valence-corrected chi connectivity index (χ1v) is 4.35. The van der Waals surface area contributed by atoms with Crippen LogP contribution in [0.5, 0.6) is 0 Å². The molecule has 1 heterocycles. The van der Waals surface area contributed by atoms with Gasteiger partial charge in [0, 0.05) is 19.2 Å². The molecule has 1 aromatic rings. The van der Waals surface area contributed by atoms with Crippen LogP contribution in [0.25, 0.3) is 0 Å². The zero-order valence-corrected chi connectivity index (χ0v) is 8.44. The van der Waals surface area contributed by atoms with Crippen LogP contribution >= 0.6 is 0 Å². The van der Waals surface area contributed by atoms with Crippen molar-refractivity contribution in [2.75, 3.05) is 5.32 Å². The monoisotopic (exact) mass is 195 g/mol. The first-order chi connectivity index (χ1) is 6.52. The van der Waals surface area contributed by atoms with Crippen molar-refractivity contribution in [3.63, 3.8) is 0 Å². The molecule has 14 heavy (non-hydrogen) atoms. The number of amides is 1. The average Bonchev–Trinajstić information content (AvgIpc) is 2.12. The smallest absolute Gasteiger partial charge is 0.290 e. The maximum atomic E-state index is 11.4. The van der Waals surface area contributed by atoms with E-state index in [1.54, 1.807) is 13.8 Å². The molecule has 1 rings (SSSR count). The van der Waals surface area contributed by atoms with Gasteiger partial charge < -0.3 is 5.32 Å². The number of nitrogens with zero attached hydrogens (tertiary/aromatic N) is 2. The lowest BCUT2D eigenvalue weighted by atomic mass is 10.2. The van der Waals surface area contributed by atoms with Gasteiger partial charge in [0.25, 0.3) is 5.56 Å². The number of nitrogens with one attached hydrogen (secondary N) is 1. The molecule has 0 aliphatic rings. The fraction of sp³-hybridized carbons (Fsp3) is 0.444. The Balaban J connectivity index is 2.93. The van der Waals surface area contributed by atoms with Crippen molar-refractivity contribution in [3.05, 3.63) is 22.6 Å². The van der Waals surface area contributed by atoms with Crippen molar-refractivity contribution in [1.82, 2.24) is 9.78 Å². The van der Waals surface area contributed by atoms with Crippen LogP contribution in [-0.4, -0.2) is 15.7 Å². The third kappa shape index (κ3) is 2.18. The van der Waals surface area contributed by atoms with Crippen molar-refractivity contribution in [2.24, 2.45) is 13.0 Å². The van der Waals surface area contributed by atoms with Gasteiger partial charge >= 0.3 is 0 Å². The van der Waals surface area contributed by atoms with E-state index in [0.717, 1.165) is 0 Å². The molecule has 0 atom stereocenters. The van der Waals surface area contributed by atoms with Crippen molar-refractivity contribution in [3.8, 4) is 0 Å². The number of aryl methyl sites for hydroxylation is 1. The lowest BCUT2D eigenvalue weighted by molar-refractivity contribution is -0.118. The highest BCUT2D eigenvalue weighted by Crippen LogP contribution is 2.00. The Morgan fingerprint density at radius 3 is 2.79 bits per heavy atom. The van der Waals surface area contributed by atoms with Gasteiger partial charge in [-0.15, -0.1) is 0 Å². The molecule has 76 valence electrons. The summed E-state index contributed by atoms with van der Waals surface area (Å²) in [6, 6.07) is 1.49. The maximum Gasteiger partial charge on any atom is 0.290 e. The van der Waals surface area contributed by atoms with E-state index in [2.05, 4.69) is 10.4 Å². The third-order valence-corrected chi connectivity index (χ3v) is 1.79. The van der Waals surface area contributed by atoms with E-state index in [9.17, 15) is 9.59 Å². The zero-order valence-electron chi connectivity index (χ0n) is 8.44. The number of hydrogen-bond acceptors (Lipinski definition) is 3. The first kappa shape index (κ1) is 10.4. The van der Waals surface area contributed by atoms with E-state index in [-0.39, 0.29) is 23.1 Å². The van der Waals surface area contributed by atoms with Gasteiger partial charge in [0.2, 0.25) is 5.91 Å². The molecule has 1 aromatic heterocycles. The molecule has 0 spiro atoms. The zero-order chi connectivity index (χ0) is 10.7. The Bertz CT molecular complexity index is 395. The van der Waals surface area contributed by atoms with Gasteiger partial charge in [-0.25, -0.2) is 4.68 Å². The lowest BCUT2D eigenvalue weighted by Gasteiger charge is -2.06. The summed E-state index contributed by atoms with van der Waals surface area (Å²) >= 11 is 0. The van der Waals surface area contributed by atoms with Crippen LogP contribution in [-0.2, 0) is 11.8 Å². The molecule has 0 radical (unpaired) electrons. The number of carbonyl (C=O) groups is 1. The minimum absolute atomic E-state index is 0.145. The quantitative estimate of drug-likeness (QED) is 0.741. The van der Waals surface area contributed by atoms with Crippen LogP contribution in [0.15, 0.2) is 17.1 Å². The van der Waals surface area contributed by atoms with Gasteiger partial charge in [-0.1, -0.05) is 13.8 Å². The molecule has 5 nitrogen and oxygen atoms in total. The Morgan fingerprint density at radius 2 is 2.21 bits per heavy atom. The van der Waals surface area contributed by atoms with Crippen LogP contribution in [0.2, 0.25) is 0 Å². The van der Waals surface area contributed by atoms with E-state index in [1.165, 1.54) is 24.0 Å². The second kappa shape index (κ2) is 4.04. The van der Waals surface area contributed by atoms with Crippen molar-refractivity contribution in [2.45, 2.75) is 13.8 Å². The second-order valence-corrected chi connectivity index (χ2v) is 3.32. The van der Waals surface area contributed by atoms with Gasteiger partial charge in [0.05, 0.1) is 0 Å². The Morgan fingerprint density at radius 1 is 1.57 bits per heavy atom. The Labute approximate surface area is 81.7 Å². The molecule has 5 heteroatoms. The summed E-state index contributed by atoms with van der Waals surface area (Å²) in [5.41, 5.74) is -0.0392. The number of carbonyl (C=O) groups excluding carboxylic acids is 1. The average molecular weight is 195 g/mol. The highest BCUT2D eigenvalue weighted by Gasteiger charge is 2.09. The highest BCUT2D eigenvalue weighted by atomic mass is 16.2. The summed E-state index contributed by atoms with van der Waals surface area (Å²) < 4.78 is 1.18. The van der Waals surface area contributed by atoms with Gasteiger partial charge in [-0.3, -0.25) is 9.59 Å². The van der Waals surface area contributed by atoms with Crippen LogP contribution < -0.4 is 10.9 Å². The van der Waals surface area contributed by atoms with E-state index < -0.39 is 0 Å². The van der Waals surface area contributed by atoms with Gasteiger partial charge in [-0.2, -0.15) is 5.10 Å². The summed E-state index contributed by atoms with van der Waals surface area (Å²) in [6.45, 7) is 3.53. The largest absolute Gasteiger partial charge is 0.321 e. The molecule has 0 bridgehead atoms. The van der Waals surface area contributed by atoms with Crippen LogP contribution in [0.1, 0.15) is 13.8 Å². The third-order valence-electron chi connectivity index (χ3n) is 1.79. The van der Waals surface area contributed by atoms with Gasteiger partial charge in [0.1, 0.15) is 5.69 Å². The van der Waals surface area contributed by atoms with E-state index in [1.807, 2.05) is 0 Å². The van der Waals surface area contributed by atoms with Crippen LogP contribution in [0.3, 0.4) is 0 Å². The molecule has 1 amide bonds. The molecule has 0 aromatic carbocycles. The number of anilines is 1. The molecule has 1 N–H and O–H groups in total. The molecular formula is C9H13N3O2. The highest BCUT2D eigenvalue weighted by molar-refractivity contribution is 5.91. The normalized spacial score (nSPS) is 10.3. The number of rotatable bonds is 2. The van der Waals surface area contributed by atoms with Crippen LogP contribution in [0, 0.1) is 5.92 Å². The minimum atomic E-state index is -0.304. The summed E-state index contributed by atoms with van der Waals surface area (Å²) in [4.78, 5) is 22.7. The molecule has 0 saturated carbocycles. The molecule has 0 unspecified atom stereocenters. The lowest BCUT2D eigenvalue weighted by Crippen LogP contribution is -2.27. The predicted molar refractivity (Wildman–Crippen MR) is 52.9 cm³/mol. The van der Waals surface area contributed by atoms with Crippen molar-refractivity contribution < 1.29 is 4.79 Å². The fourth-order valence-electron chi connectivity index (χ4n) is 0.878. The Hall–Kier alpha value is -1.65. The summed E-state index contributed by atoms with van der Waals surface area (Å²) in [7, 11) is 1.54. The maximum absolute atomic E-state index is 11.4. The summed E-state index contributed by atoms with van der Waals surface area (Å²) in [5, 5.41) is 6.28. The first-order valence-electron chi connectivity index (χ1n) is 4.35. The van der Waals surface area contributed by atoms with E-state index in [0.29, 0.717) is 0 Å². The predicted octanol–water partition coefficient (Wildman–Crippen LogP) is 0.375. The minimum Gasteiger partial charge on any atom is -0.321 e. The van der Waals surface area contributed by atoms with Crippen molar-refractivity contribution in [1.29, 1.82) is 0 Å². The van der Waals surface area contributed by atoms with Crippen molar-refractivity contribution >= 4 is 11.6 Å². The molecule has 0 aliphatic heterocycles. The Kier molecular flexibility index (Phi) is 3.01. The van der Waals surface area contributed by atoms with E-state index >= 15 is 0 Å². The standard InChI is InChI=1S/C9H13N3O2/c1-6(2)8(13)11-7-4-5-10-12(3)9(7)14/h4-6H,1-3H3,(H,11,13). The molecular weight excluding hydrogens is 182 g/mol. The number of aromatic nitrogens is 2. The van der Waals surface area contributed by atoms with Gasteiger partial charge in [0.15, 0.2) is 0 Å². The fourth-order valence-corrected chi connectivity index (χ4v) is 0.878. The number of hydrogen-bond donors (Lipinski definition) is 1. The van der Waals surface area contributed by atoms with Gasteiger partial charge in [-0.05, 0) is 6.07 Å². The van der Waals surface area contributed by atoms with Crippen LogP contribution in [0.4, 0.5) is 5.69 Å². The molecule has 0 fully saturated rings.